The second-order valence-electron chi connectivity index (χ2n) is 6.85. The van der Waals surface area contributed by atoms with Crippen molar-refractivity contribution in [2.24, 2.45) is 7.05 Å². The lowest BCUT2D eigenvalue weighted by atomic mass is 10.1. The molecule has 0 radical (unpaired) electrons. The number of nitrogens with one attached hydrogen (secondary N) is 1. The van der Waals surface area contributed by atoms with Crippen LogP contribution in [0.4, 0.5) is 5.69 Å². The van der Waals surface area contributed by atoms with Crippen molar-refractivity contribution in [2.45, 2.75) is 11.6 Å². The number of anilines is 1. The fraction of sp³-hybridized carbons (Fsp3) is 0.174. The second-order valence-corrected chi connectivity index (χ2v) is 7.79. The van der Waals surface area contributed by atoms with Crippen molar-refractivity contribution in [2.75, 3.05) is 18.2 Å². The Hall–Kier alpha value is -3.32. The zero-order chi connectivity index (χ0) is 20.9. The molecule has 0 atom stereocenters. The van der Waals surface area contributed by atoms with Crippen LogP contribution in [0.1, 0.15) is 11.4 Å². The first-order valence-corrected chi connectivity index (χ1v) is 10.5. The van der Waals surface area contributed by atoms with E-state index >= 15 is 0 Å². The number of thioether (sulfide) groups is 1. The van der Waals surface area contributed by atoms with Gasteiger partial charge in [-0.25, -0.2) is 0 Å². The lowest BCUT2D eigenvalue weighted by Gasteiger charge is -2.09. The molecule has 6 nitrogen and oxygen atoms in total. The first-order valence-electron chi connectivity index (χ1n) is 9.55. The number of amides is 1. The minimum Gasteiger partial charge on any atom is -0.497 e. The maximum absolute atomic E-state index is 12.5. The quantitative estimate of drug-likeness (QED) is 0.453. The minimum atomic E-state index is -0.0731. The number of benzene rings is 3. The Bertz CT molecular complexity index is 1170. The molecule has 0 aliphatic carbocycles. The smallest absolute Gasteiger partial charge is 0.234 e. The van der Waals surface area contributed by atoms with Gasteiger partial charge in [-0.05, 0) is 29.1 Å². The van der Waals surface area contributed by atoms with Crippen molar-refractivity contribution in [3.63, 3.8) is 0 Å². The first kappa shape index (κ1) is 20.0. The number of ether oxygens (including phenoxy) is 1. The largest absolute Gasteiger partial charge is 0.497 e. The van der Waals surface area contributed by atoms with Gasteiger partial charge in [0, 0.05) is 24.5 Å². The summed E-state index contributed by atoms with van der Waals surface area (Å²) in [5.74, 6) is 1.86. The summed E-state index contributed by atoms with van der Waals surface area (Å²) >= 11 is 1.37. The van der Waals surface area contributed by atoms with Gasteiger partial charge in [0.1, 0.15) is 11.6 Å². The molecule has 152 valence electrons. The average molecular weight is 419 g/mol. The molecule has 0 spiro atoms. The van der Waals surface area contributed by atoms with Crippen LogP contribution in [-0.2, 0) is 18.3 Å². The maximum atomic E-state index is 12.5. The predicted octanol–water partition coefficient (Wildman–Crippen LogP) is 4.30. The van der Waals surface area contributed by atoms with Gasteiger partial charge in [0.05, 0.1) is 12.9 Å². The molecule has 1 amide bonds. The molecule has 1 aromatic heterocycles. The van der Waals surface area contributed by atoms with Crippen LogP contribution in [-0.4, -0.2) is 33.5 Å². The summed E-state index contributed by atoms with van der Waals surface area (Å²) in [6.45, 7) is 0. The predicted molar refractivity (Wildman–Crippen MR) is 120 cm³/mol. The Kier molecular flexibility index (Phi) is 5.99. The monoisotopic (exact) mass is 418 g/mol. The van der Waals surface area contributed by atoms with E-state index < -0.39 is 0 Å². The summed E-state index contributed by atoms with van der Waals surface area (Å²) in [5, 5.41) is 14.4. The third kappa shape index (κ3) is 4.46. The Labute approximate surface area is 179 Å². The number of rotatable bonds is 7. The highest BCUT2D eigenvalue weighted by Crippen LogP contribution is 2.24. The van der Waals surface area contributed by atoms with E-state index in [-0.39, 0.29) is 11.7 Å². The van der Waals surface area contributed by atoms with E-state index in [0.717, 1.165) is 33.6 Å². The van der Waals surface area contributed by atoms with Gasteiger partial charge >= 0.3 is 0 Å². The van der Waals surface area contributed by atoms with Gasteiger partial charge in [-0.1, -0.05) is 60.3 Å². The molecule has 0 bridgehead atoms. The number of carbonyl (C=O) groups is 1. The molecule has 0 saturated carbocycles. The molecule has 0 aliphatic heterocycles. The molecule has 0 saturated heterocycles. The number of carbonyl (C=O) groups excluding carboxylic acids is 1. The topological polar surface area (TPSA) is 69.0 Å². The fourth-order valence-corrected chi connectivity index (χ4v) is 3.93. The minimum absolute atomic E-state index is 0.0731. The van der Waals surface area contributed by atoms with Crippen molar-refractivity contribution in [3.05, 3.63) is 78.1 Å². The van der Waals surface area contributed by atoms with Crippen LogP contribution in [0.3, 0.4) is 0 Å². The lowest BCUT2D eigenvalue weighted by molar-refractivity contribution is -0.113. The van der Waals surface area contributed by atoms with Gasteiger partial charge in [0.2, 0.25) is 5.91 Å². The number of methoxy groups -OCH3 is 1. The van der Waals surface area contributed by atoms with Gasteiger partial charge in [-0.3, -0.25) is 4.79 Å². The van der Waals surface area contributed by atoms with Gasteiger partial charge < -0.3 is 14.6 Å². The highest BCUT2D eigenvalue weighted by atomic mass is 32.2. The normalized spacial score (nSPS) is 10.9. The van der Waals surface area contributed by atoms with E-state index in [1.807, 2.05) is 78.3 Å². The van der Waals surface area contributed by atoms with Crippen LogP contribution in [0.25, 0.3) is 10.8 Å². The van der Waals surface area contributed by atoms with E-state index in [4.69, 9.17) is 4.74 Å². The van der Waals surface area contributed by atoms with Gasteiger partial charge in [0.15, 0.2) is 5.16 Å². The molecule has 3 aromatic carbocycles. The van der Waals surface area contributed by atoms with Crippen LogP contribution in [0, 0.1) is 0 Å². The van der Waals surface area contributed by atoms with Crippen LogP contribution < -0.4 is 10.1 Å². The summed E-state index contributed by atoms with van der Waals surface area (Å²) in [7, 11) is 3.57. The summed E-state index contributed by atoms with van der Waals surface area (Å²) in [4.78, 5) is 12.5. The summed E-state index contributed by atoms with van der Waals surface area (Å²) < 4.78 is 7.12. The molecular formula is C23H22N4O2S. The first-order chi connectivity index (χ1) is 14.6. The highest BCUT2D eigenvalue weighted by Gasteiger charge is 2.13. The molecular weight excluding hydrogens is 396 g/mol. The number of hydrogen-bond acceptors (Lipinski definition) is 5. The molecule has 4 aromatic rings. The zero-order valence-corrected chi connectivity index (χ0v) is 17.6. The van der Waals surface area contributed by atoms with E-state index in [2.05, 4.69) is 15.5 Å². The molecule has 30 heavy (non-hydrogen) atoms. The third-order valence-electron chi connectivity index (χ3n) is 4.84. The van der Waals surface area contributed by atoms with Crippen LogP contribution in [0.2, 0.25) is 0 Å². The number of aromatic nitrogens is 3. The molecule has 1 heterocycles. The SMILES string of the molecule is COc1ccc(Cc2nnc(SCC(=O)Nc3cccc4ccccc34)n2C)cc1. The number of nitrogens with zero attached hydrogens (tertiary/aromatic N) is 3. The summed E-state index contributed by atoms with van der Waals surface area (Å²) in [6, 6.07) is 21.8. The van der Waals surface area contributed by atoms with E-state index in [0.29, 0.717) is 11.6 Å². The van der Waals surface area contributed by atoms with Crippen LogP contribution >= 0.6 is 11.8 Å². The second kappa shape index (κ2) is 9.00. The molecule has 7 heteroatoms. The molecule has 0 aliphatic rings. The van der Waals surface area contributed by atoms with Gasteiger partial charge in [-0.15, -0.1) is 10.2 Å². The summed E-state index contributed by atoms with van der Waals surface area (Å²) in [5.41, 5.74) is 1.94. The highest BCUT2D eigenvalue weighted by molar-refractivity contribution is 7.99. The van der Waals surface area contributed by atoms with E-state index in [1.54, 1.807) is 7.11 Å². The number of fused-ring (bicyclic) bond motifs is 1. The van der Waals surface area contributed by atoms with Gasteiger partial charge in [0.25, 0.3) is 0 Å². The van der Waals surface area contributed by atoms with Crippen molar-refractivity contribution < 1.29 is 9.53 Å². The molecule has 0 fully saturated rings. The summed E-state index contributed by atoms with van der Waals surface area (Å²) in [6.07, 6.45) is 0.663. The van der Waals surface area contributed by atoms with Crippen molar-refractivity contribution in [1.82, 2.24) is 14.8 Å². The molecule has 1 N–H and O–H groups in total. The zero-order valence-electron chi connectivity index (χ0n) is 16.8. The van der Waals surface area contributed by atoms with Gasteiger partial charge in [-0.2, -0.15) is 0 Å². The Morgan fingerprint density at radius 3 is 2.60 bits per heavy atom. The van der Waals surface area contributed by atoms with Crippen molar-refractivity contribution in [1.29, 1.82) is 0 Å². The Balaban J connectivity index is 1.38. The van der Waals surface area contributed by atoms with Crippen LogP contribution in [0.15, 0.2) is 71.9 Å². The molecule has 0 unspecified atom stereocenters. The molecule has 4 rings (SSSR count). The van der Waals surface area contributed by atoms with E-state index in [9.17, 15) is 4.79 Å². The number of hydrogen-bond donors (Lipinski definition) is 1. The van der Waals surface area contributed by atoms with Crippen LogP contribution in [0.5, 0.6) is 5.75 Å². The Morgan fingerprint density at radius 1 is 1.03 bits per heavy atom. The van der Waals surface area contributed by atoms with Crippen molar-refractivity contribution in [3.8, 4) is 5.75 Å². The Morgan fingerprint density at radius 2 is 1.80 bits per heavy atom. The third-order valence-corrected chi connectivity index (χ3v) is 5.86. The van der Waals surface area contributed by atoms with Crippen molar-refractivity contribution >= 4 is 34.1 Å². The standard InChI is InChI=1S/C23H22N4O2S/c1-27-21(14-16-10-12-18(29-2)13-11-16)25-26-23(27)30-15-22(28)24-20-9-5-7-17-6-3-4-8-19(17)20/h3-13H,14-15H2,1-2H3,(H,24,28). The fourth-order valence-electron chi connectivity index (χ4n) is 3.20. The lowest BCUT2D eigenvalue weighted by Crippen LogP contribution is -2.14. The average Bonchev–Trinajstić information content (AvgIpc) is 3.12. The van der Waals surface area contributed by atoms with E-state index in [1.165, 1.54) is 11.8 Å². The maximum Gasteiger partial charge on any atom is 0.234 e.